The number of nitrogens with two attached hydrogens (primary N) is 1. The number of nitrogens with zero attached hydrogens (tertiary/aromatic N) is 2. The first-order valence-electron chi connectivity index (χ1n) is 9.44. The normalized spacial score (nSPS) is 15.0. The summed E-state index contributed by atoms with van der Waals surface area (Å²) in [5.41, 5.74) is 8.05. The van der Waals surface area contributed by atoms with Crippen LogP contribution in [0.5, 0.6) is 5.88 Å². The number of pyridine rings is 2. The van der Waals surface area contributed by atoms with Gasteiger partial charge in [-0.1, -0.05) is 6.07 Å². The van der Waals surface area contributed by atoms with Gasteiger partial charge in [0.25, 0.3) is 0 Å². The van der Waals surface area contributed by atoms with Crippen LogP contribution in [-0.4, -0.2) is 29.7 Å². The molecule has 0 atom stereocenters. The van der Waals surface area contributed by atoms with Crippen LogP contribution in [0.2, 0.25) is 0 Å². The van der Waals surface area contributed by atoms with E-state index in [0.29, 0.717) is 24.2 Å². The number of benzene rings is 1. The van der Waals surface area contributed by atoms with E-state index < -0.39 is 0 Å². The minimum absolute atomic E-state index is 0.559. The van der Waals surface area contributed by atoms with Crippen molar-refractivity contribution in [1.82, 2.24) is 15.3 Å². The molecule has 4 rings (SSSR count). The lowest BCUT2D eigenvalue weighted by atomic mass is 9.99. The van der Waals surface area contributed by atoms with Gasteiger partial charge in [0.15, 0.2) is 0 Å². The molecule has 0 amide bonds. The highest BCUT2D eigenvalue weighted by molar-refractivity contribution is 5.92. The average molecular weight is 363 g/mol. The smallest absolute Gasteiger partial charge is 0.213 e. The minimum Gasteiger partial charge on any atom is -0.477 e. The number of hydrogen-bond donors (Lipinski definition) is 3. The second kappa shape index (κ2) is 8.22. The van der Waals surface area contributed by atoms with Gasteiger partial charge < -0.3 is 21.1 Å². The molecule has 0 saturated carbocycles. The first-order valence-corrected chi connectivity index (χ1v) is 9.44. The molecule has 1 saturated heterocycles. The summed E-state index contributed by atoms with van der Waals surface area (Å²) in [4.78, 5) is 8.55. The lowest BCUT2D eigenvalue weighted by Gasteiger charge is -2.22. The molecule has 3 heterocycles. The molecule has 0 unspecified atom stereocenters. The van der Waals surface area contributed by atoms with E-state index in [1.54, 1.807) is 6.20 Å². The van der Waals surface area contributed by atoms with Crippen molar-refractivity contribution in [3.8, 4) is 5.88 Å². The largest absolute Gasteiger partial charge is 0.477 e. The first-order chi connectivity index (χ1) is 13.3. The van der Waals surface area contributed by atoms with Crippen LogP contribution in [0, 0.1) is 5.92 Å². The van der Waals surface area contributed by atoms with Crippen molar-refractivity contribution in [3.63, 3.8) is 0 Å². The summed E-state index contributed by atoms with van der Waals surface area (Å²) in [6.07, 6.45) is 5.95. The fraction of sp³-hybridized carbons (Fsp3) is 0.333. The second-order valence-electron chi connectivity index (χ2n) is 6.99. The standard InChI is InChI=1S/C21H25N5O/c22-21-19-3-2-18(11-17(19)7-10-24-21)25-12-16-1-4-20(26-13-16)27-14-15-5-8-23-9-6-15/h1-4,7,10-11,13,15,23,25H,5-6,8-9,12,14H2,(H2,22,24). The molecular formula is C21H25N5O. The summed E-state index contributed by atoms with van der Waals surface area (Å²) in [6, 6.07) is 12.1. The monoisotopic (exact) mass is 363 g/mol. The average Bonchev–Trinajstić information content (AvgIpc) is 2.72. The third-order valence-electron chi connectivity index (χ3n) is 5.02. The van der Waals surface area contributed by atoms with Crippen molar-refractivity contribution >= 4 is 22.3 Å². The molecular weight excluding hydrogens is 338 g/mol. The Hall–Kier alpha value is -2.86. The molecule has 0 spiro atoms. The second-order valence-corrected chi connectivity index (χ2v) is 6.99. The van der Waals surface area contributed by atoms with Crippen LogP contribution in [-0.2, 0) is 6.54 Å². The number of piperidine rings is 1. The van der Waals surface area contributed by atoms with Crippen molar-refractivity contribution in [1.29, 1.82) is 0 Å². The summed E-state index contributed by atoms with van der Waals surface area (Å²) in [6.45, 7) is 3.63. The Morgan fingerprint density at radius 3 is 2.81 bits per heavy atom. The number of aromatic nitrogens is 2. The molecule has 0 radical (unpaired) electrons. The van der Waals surface area contributed by atoms with E-state index in [1.165, 1.54) is 12.8 Å². The predicted octanol–water partition coefficient (Wildman–Crippen LogP) is 3.20. The summed E-state index contributed by atoms with van der Waals surface area (Å²) in [5, 5.41) is 8.85. The van der Waals surface area contributed by atoms with Gasteiger partial charge >= 0.3 is 0 Å². The number of nitrogens with one attached hydrogen (secondary N) is 2. The van der Waals surface area contributed by atoms with E-state index in [9.17, 15) is 0 Å². The Labute approximate surface area is 159 Å². The third-order valence-corrected chi connectivity index (χ3v) is 5.02. The lowest BCUT2D eigenvalue weighted by Crippen LogP contribution is -2.30. The first kappa shape index (κ1) is 17.5. The van der Waals surface area contributed by atoms with Crippen molar-refractivity contribution < 1.29 is 4.74 Å². The predicted molar refractivity (Wildman–Crippen MR) is 109 cm³/mol. The summed E-state index contributed by atoms with van der Waals surface area (Å²) in [7, 11) is 0. The van der Waals surface area contributed by atoms with Gasteiger partial charge in [-0.3, -0.25) is 0 Å². The van der Waals surface area contributed by atoms with Gasteiger partial charge in [-0.05, 0) is 67.1 Å². The number of nitrogen functional groups attached to an aromatic ring is 1. The molecule has 27 heavy (non-hydrogen) atoms. The highest BCUT2D eigenvalue weighted by Crippen LogP contribution is 2.23. The van der Waals surface area contributed by atoms with E-state index in [2.05, 4.69) is 32.7 Å². The Balaban J connectivity index is 1.32. The molecule has 1 fully saturated rings. The van der Waals surface area contributed by atoms with Crippen LogP contribution in [0.1, 0.15) is 18.4 Å². The van der Waals surface area contributed by atoms with Crippen molar-refractivity contribution in [2.24, 2.45) is 5.92 Å². The van der Waals surface area contributed by atoms with E-state index in [4.69, 9.17) is 10.5 Å². The van der Waals surface area contributed by atoms with Gasteiger partial charge in [0.05, 0.1) is 6.61 Å². The highest BCUT2D eigenvalue weighted by Gasteiger charge is 2.13. The van der Waals surface area contributed by atoms with E-state index in [0.717, 1.165) is 41.7 Å². The van der Waals surface area contributed by atoms with Crippen LogP contribution in [0.25, 0.3) is 10.8 Å². The Morgan fingerprint density at radius 1 is 1.11 bits per heavy atom. The Kier molecular flexibility index (Phi) is 5.34. The summed E-state index contributed by atoms with van der Waals surface area (Å²) < 4.78 is 5.85. The van der Waals surface area contributed by atoms with E-state index in [-0.39, 0.29) is 0 Å². The number of fused-ring (bicyclic) bond motifs is 1. The van der Waals surface area contributed by atoms with Gasteiger partial charge in [0, 0.05) is 36.1 Å². The van der Waals surface area contributed by atoms with Crippen molar-refractivity contribution in [2.45, 2.75) is 19.4 Å². The number of anilines is 2. The molecule has 1 aliphatic rings. The molecule has 0 bridgehead atoms. The van der Waals surface area contributed by atoms with Crippen molar-refractivity contribution in [3.05, 3.63) is 54.4 Å². The Morgan fingerprint density at radius 2 is 2.00 bits per heavy atom. The fourth-order valence-corrected chi connectivity index (χ4v) is 3.37. The minimum atomic E-state index is 0.559. The molecule has 1 aromatic carbocycles. The fourth-order valence-electron chi connectivity index (χ4n) is 3.37. The van der Waals surface area contributed by atoms with Crippen molar-refractivity contribution in [2.75, 3.05) is 30.7 Å². The Bertz CT molecular complexity index is 891. The van der Waals surface area contributed by atoms with Gasteiger partial charge in [-0.2, -0.15) is 0 Å². The number of ether oxygens (including phenoxy) is 1. The zero-order valence-electron chi connectivity index (χ0n) is 15.3. The zero-order chi connectivity index (χ0) is 18.5. The van der Waals surface area contributed by atoms with Crippen LogP contribution >= 0.6 is 0 Å². The molecule has 0 aliphatic carbocycles. The molecule has 6 nitrogen and oxygen atoms in total. The third kappa shape index (κ3) is 4.46. The molecule has 2 aromatic heterocycles. The van der Waals surface area contributed by atoms with E-state index >= 15 is 0 Å². The molecule has 3 aromatic rings. The maximum Gasteiger partial charge on any atom is 0.213 e. The SMILES string of the molecule is Nc1nccc2cc(NCc3ccc(OCC4CCNCC4)nc3)ccc12. The topological polar surface area (TPSA) is 85.1 Å². The van der Waals surface area contributed by atoms with Gasteiger partial charge in [0.2, 0.25) is 5.88 Å². The number of rotatable bonds is 6. The van der Waals surface area contributed by atoms with Crippen LogP contribution in [0.3, 0.4) is 0 Å². The maximum absolute atomic E-state index is 5.90. The van der Waals surface area contributed by atoms with Gasteiger partial charge in [0.1, 0.15) is 5.82 Å². The molecule has 6 heteroatoms. The highest BCUT2D eigenvalue weighted by atomic mass is 16.5. The van der Waals surface area contributed by atoms with Crippen LogP contribution in [0.15, 0.2) is 48.8 Å². The number of hydrogen-bond acceptors (Lipinski definition) is 6. The van der Waals surface area contributed by atoms with Gasteiger partial charge in [-0.15, -0.1) is 0 Å². The lowest BCUT2D eigenvalue weighted by molar-refractivity contribution is 0.209. The molecule has 1 aliphatic heterocycles. The summed E-state index contributed by atoms with van der Waals surface area (Å²) in [5.74, 6) is 1.89. The molecule has 140 valence electrons. The van der Waals surface area contributed by atoms with E-state index in [1.807, 2.05) is 30.5 Å². The maximum atomic E-state index is 5.90. The van der Waals surface area contributed by atoms with Crippen LogP contribution < -0.4 is 21.1 Å². The molecule has 4 N–H and O–H groups in total. The summed E-state index contributed by atoms with van der Waals surface area (Å²) >= 11 is 0. The van der Waals surface area contributed by atoms with Crippen LogP contribution in [0.4, 0.5) is 11.5 Å². The quantitative estimate of drug-likeness (QED) is 0.624. The zero-order valence-corrected chi connectivity index (χ0v) is 15.3. The van der Waals surface area contributed by atoms with Gasteiger partial charge in [-0.25, -0.2) is 9.97 Å².